The summed E-state index contributed by atoms with van der Waals surface area (Å²) >= 11 is 7.91. The number of aryl methyl sites for hydroxylation is 1. The van der Waals surface area contributed by atoms with E-state index in [1.165, 1.54) is 30.6 Å². The third-order valence-electron chi connectivity index (χ3n) is 3.26. The molecular weight excluding hydrogens is 288 g/mol. The molecule has 2 aromatic rings. The molecule has 2 nitrogen and oxygen atoms in total. The van der Waals surface area contributed by atoms with E-state index < -0.39 is 0 Å². The Hall–Kier alpha value is -0.930. The molecule has 0 N–H and O–H groups in total. The van der Waals surface area contributed by atoms with Crippen molar-refractivity contribution in [1.29, 1.82) is 0 Å². The van der Waals surface area contributed by atoms with Crippen LogP contribution in [0.15, 0.2) is 47.9 Å². The molecule has 1 atom stereocenters. The third kappa shape index (κ3) is 5.22. The van der Waals surface area contributed by atoms with Gasteiger partial charge in [-0.25, -0.2) is 4.98 Å². The van der Waals surface area contributed by atoms with Gasteiger partial charge in [0.2, 0.25) is 0 Å². The maximum atomic E-state index is 5.94. The van der Waals surface area contributed by atoms with Crippen LogP contribution < -0.4 is 0 Å². The Labute approximate surface area is 130 Å². The van der Waals surface area contributed by atoms with Gasteiger partial charge in [0.25, 0.3) is 0 Å². The van der Waals surface area contributed by atoms with Gasteiger partial charge in [-0.15, -0.1) is 11.8 Å². The minimum Gasteiger partial charge on any atom is -0.337 e. The Bertz CT molecular complexity index is 482. The smallest absolute Gasteiger partial charge is 0.0945 e. The maximum Gasteiger partial charge on any atom is 0.0945 e. The van der Waals surface area contributed by atoms with Gasteiger partial charge in [-0.3, -0.25) is 0 Å². The average molecular weight is 309 g/mol. The Balaban J connectivity index is 1.90. The lowest BCUT2D eigenvalue weighted by Gasteiger charge is -2.16. The molecule has 0 saturated heterocycles. The Morgan fingerprint density at radius 2 is 2.05 bits per heavy atom. The Morgan fingerprint density at radius 1 is 1.25 bits per heavy atom. The summed E-state index contributed by atoms with van der Waals surface area (Å²) in [6, 6.07) is 8.17. The molecule has 1 heterocycles. The highest BCUT2D eigenvalue weighted by atomic mass is 35.5. The molecule has 0 bridgehead atoms. The molecule has 0 radical (unpaired) electrons. The van der Waals surface area contributed by atoms with E-state index in [9.17, 15) is 0 Å². The van der Waals surface area contributed by atoms with E-state index in [2.05, 4.69) is 28.6 Å². The summed E-state index contributed by atoms with van der Waals surface area (Å²) in [6.07, 6.45) is 10.7. The van der Waals surface area contributed by atoms with Gasteiger partial charge in [0.1, 0.15) is 0 Å². The highest BCUT2D eigenvalue weighted by Gasteiger charge is 2.10. The summed E-state index contributed by atoms with van der Waals surface area (Å²) in [4.78, 5) is 5.40. The summed E-state index contributed by atoms with van der Waals surface area (Å²) in [6.45, 7) is 3.29. The lowest BCUT2D eigenvalue weighted by atomic mass is 10.1. The highest BCUT2D eigenvalue weighted by Crippen LogP contribution is 2.30. The van der Waals surface area contributed by atoms with Gasteiger partial charge >= 0.3 is 0 Å². The van der Waals surface area contributed by atoms with Crippen LogP contribution in [0.25, 0.3) is 0 Å². The van der Waals surface area contributed by atoms with Crippen LogP contribution in [0.1, 0.15) is 32.6 Å². The number of unbranched alkanes of at least 4 members (excludes halogenated alkanes) is 1. The topological polar surface area (TPSA) is 17.8 Å². The monoisotopic (exact) mass is 308 g/mol. The molecule has 4 heteroatoms. The second kappa shape index (κ2) is 8.38. The molecule has 0 spiro atoms. The summed E-state index contributed by atoms with van der Waals surface area (Å²) in [5, 5.41) is 1.45. The van der Waals surface area contributed by atoms with Crippen molar-refractivity contribution in [2.45, 2.75) is 49.3 Å². The Kier molecular flexibility index (Phi) is 6.48. The standard InChI is InChI=1S/C16H21ClN2S/c1-2-3-4-15(9-11-19-12-10-18-13-19)20-16-7-5-14(17)6-8-16/h5-8,10,12-13,15H,2-4,9,11H2,1H3. The van der Waals surface area contributed by atoms with Gasteiger partial charge in [0.15, 0.2) is 0 Å². The van der Waals surface area contributed by atoms with Crippen LogP contribution in [-0.4, -0.2) is 14.8 Å². The van der Waals surface area contributed by atoms with Gasteiger partial charge < -0.3 is 4.57 Å². The number of hydrogen-bond acceptors (Lipinski definition) is 2. The molecule has 0 aliphatic carbocycles. The first kappa shape index (κ1) is 15.5. The van der Waals surface area contributed by atoms with E-state index >= 15 is 0 Å². The molecule has 0 fully saturated rings. The number of hydrogen-bond donors (Lipinski definition) is 0. The van der Waals surface area contributed by atoms with Crippen LogP contribution in [0, 0.1) is 0 Å². The van der Waals surface area contributed by atoms with E-state index in [0.717, 1.165) is 11.6 Å². The number of thioether (sulfide) groups is 1. The molecule has 0 aliphatic heterocycles. The lowest BCUT2D eigenvalue weighted by Crippen LogP contribution is -2.07. The minimum atomic E-state index is 0.651. The molecule has 1 aromatic carbocycles. The molecule has 108 valence electrons. The Morgan fingerprint density at radius 3 is 2.70 bits per heavy atom. The first-order chi connectivity index (χ1) is 9.78. The van der Waals surface area contributed by atoms with E-state index in [1.807, 2.05) is 42.6 Å². The average Bonchev–Trinajstić information content (AvgIpc) is 2.97. The number of aromatic nitrogens is 2. The molecule has 2 rings (SSSR count). The molecule has 1 unspecified atom stereocenters. The van der Waals surface area contributed by atoms with Crippen molar-refractivity contribution >= 4 is 23.4 Å². The summed E-state index contributed by atoms with van der Waals surface area (Å²) in [5.41, 5.74) is 0. The van der Waals surface area contributed by atoms with Crippen LogP contribution in [-0.2, 0) is 6.54 Å². The highest BCUT2D eigenvalue weighted by molar-refractivity contribution is 8.00. The predicted molar refractivity (Wildman–Crippen MR) is 87.5 cm³/mol. The van der Waals surface area contributed by atoms with Gasteiger partial charge in [-0.2, -0.15) is 0 Å². The van der Waals surface area contributed by atoms with Crippen molar-refractivity contribution in [1.82, 2.24) is 9.55 Å². The SMILES string of the molecule is CCCCC(CCn1ccnc1)Sc1ccc(Cl)cc1. The molecule has 0 aliphatic rings. The fourth-order valence-corrected chi connectivity index (χ4v) is 3.42. The number of imidazole rings is 1. The zero-order valence-corrected chi connectivity index (χ0v) is 13.4. The fourth-order valence-electron chi connectivity index (χ4n) is 2.11. The van der Waals surface area contributed by atoms with Crippen LogP contribution in [0.4, 0.5) is 0 Å². The first-order valence-corrected chi connectivity index (χ1v) is 8.41. The van der Waals surface area contributed by atoms with Gasteiger partial charge in [0, 0.05) is 34.1 Å². The molecule has 0 amide bonds. The number of rotatable bonds is 8. The van der Waals surface area contributed by atoms with Crippen molar-refractivity contribution in [3.05, 3.63) is 48.0 Å². The number of nitrogens with zero attached hydrogens (tertiary/aromatic N) is 2. The maximum absolute atomic E-state index is 5.94. The summed E-state index contributed by atoms with van der Waals surface area (Å²) in [7, 11) is 0. The van der Waals surface area contributed by atoms with Gasteiger partial charge in [-0.1, -0.05) is 31.4 Å². The molecule has 20 heavy (non-hydrogen) atoms. The van der Waals surface area contributed by atoms with Crippen LogP contribution >= 0.6 is 23.4 Å². The van der Waals surface area contributed by atoms with E-state index in [1.54, 1.807) is 0 Å². The second-order valence-electron chi connectivity index (χ2n) is 4.93. The van der Waals surface area contributed by atoms with E-state index in [0.29, 0.717) is 5.25 Å². The zero-order valence-electron chi connectivity index (χ0n) is 11.8. The molecular formula is C16H21ClN2S. The third-order valence-corrected chi connectivity index (χ3v) is 4.87. The van der Waals surface area contributed by atoms with Gasteiger partial charge in [-0.05, 0) is 37.1 Å². The zero-order chi connectivity index (χ0) is 14.2. The normalized spacial score (nSPS) is 12.5. The minimum absolute atomic E-state index is 0.651. The van der Waals surface area contributed by atoms with E-state index in [4.69, 9.17) is 11.6 Å². The summed E-state index contributed by atoms with van der Waals surface area (Å²) < 4.78 is 2.15. The lowest BCUT2D eigenvalue weighted by molar-refractivity contribution is 0.580. The largest absolute Gasteiger partial charge is 0.337 e. The van der Waals surface area contributed by atoms with Crippen LogP contribution in [0.2, 0.25) is 5.02 Å². The predicted octanol–water partition coefficient (Wildman–Crippen LogP) is 5.28. The molecule has 0 saturated carbocycles. The van der Waals surface area contributed by atoms with Crippen LogP contribution in [0.5, 0.6) is 0 Å². The summed E-state index contributed by atoms with van der Waals surface area (Å²) in [5.74, 6) is 0. The van der Waals surface area contributed by atoms with Crippen molar-refractivity contribution in [3.63, 3.8) is 0 Å². The first-order valence-electron chi connectivity index (χ1n) is 7.16. The van der Waals surface area contributed by atoms with Gasteiger partial charge in [0.05, 0.1) is 6.33 Å². The quantitative estimate of drug-likeness (QED) is 0.618. The van der Waals surface area contributed by atoms with E-state index in [-0.39, 0.29) is 0 Å². The van der Waals surface area contributed by atoms with Crippen molar-refractivity contribution < 1.29 is 0 Å². The van der Waals surface area contributed by atoms with Crippen molar-refractivity contribution in [3.8, 4) is 0 Å². The van der Waals surface area contributed by atoms with Crippen molar-refractivity contribution in [2.24, 2.45) is 0 Å². The number of halogens is 1. The van der Waals surface area contributed by atoms with Crippen molar-refractivity contribution in [2.75, 3.05) is 0 Å². The second-order valence-corrected chi connectivity index (χ2v) is 6.74. The molecule has 1 aromatic heterocycles. The number of benzene rings is 1. The van der Waals surface area contributed by atoms with Crippen LogP contribution in [0.3, 0.4) is 0 Å². The fraction of sp³-hybridized carbons (Fsp3) is 0.438.